The van der Waals surface area contributed by atoms with Crippen molar-refractivity contribution in [2.75, 3.05) is 36.4 Å². The molecule has 5 rings (SSSR count). The number of rotatable bonds is 4. The van der Waals surface area contributed by atoms with Crippen LogP contribution in [0.1, 0.15) is 18.4 Å². The Morgan fingerprint density at radius 1 is 0.964 bits per heavy atom. The highest BCUT2D eigenvalue weighted by Gasteiger charge is 2.27. The van der Waals surface area contributed by atoms with Gasteiger partial charge in [0.15, 0.2) is 0 Å². The number of benzene rings is 2. The topological polar surface area (TPSA) is 48.5 Å². The van der Waals surface area contributed by atoms with E-state index in [1.165, 1.54) is 12.8 Å². The first kappa shape index (κ1) is 17.2. The van der Waals surface area contributed by atoms with Gasteiger partial charge in [0.2, 0.25) is 5.91 Å². The second-order valence-electron chi connectivity index (χ2n) is 7.57. The molecule has 0 spiro atoms. The average Bonchev–Trinajstić information content (AvgIpc) is 3.38. The summed E-state index contributed by atoms with van der Waals surface area (Å²) < 4.78 is 0. The van der Waals surface area contributed by atoms with Crippen molar-refractivity contribution < 1.29 is 4.79 Å². The average molecular weight is 372 g/mol. The lowest BCUT2D eigenvalue weighted by molar-refractivity contribution is -0.117. The SMILES string of the molecule is O=C(CN1CCCC1)Nc1c2c(nc3ccccc13)N(c1ccccc1)CC2. The van der Waals surface area contributed by atoms with E-state index in [2.05, 4.69) is 33.3 Å². The summed E-state index contributed by atoms with van der Waals surface area (Å²) in [7, 11) is 0. The standard InChI is InChI=1S/C23H24N4O/c28-21(16-26-13-6-7-14-26)25-22-18-10-4-5-11-20(18)24-23-19(22)12-15-27(23)17-8-2-1-3-9-17/h1-5,8-11H,6-7,12-16H2,(H,24,25,28). The number of hydrogen-bond acceptors (Lipinski definition) is 4. The van der Waals surface area contributed by atoms with Crippen molar-refractivity contribution in [2.45, 2.75) is 19.3 Å². The van der Waals surface area contributed by atoms with Crippen molar-refractivity contribution in [2.24, 2.45) is 0 Å². The fourth-order valence-corrected chi connectivity index (χ4v) is 4.35. The molecule has 0 unspecified atom stereocenters. The van der Waals surface area contributed by atoms with Gasteiger partial charge in [0, 0.05) is 23.2 Å². The first-order valence-corrected chi connectivity index (χ1v) is 10.1. The van der Waals surface area contributed by atoms with E-state index in [1.807, 2.05) is 36.4 Å². The van der Waals surface area contributed by atoms with Crippen LogP contribution in [0.3, 0.4) is 0 Å². The predicted molar refractivity (Wildman–Crippen MR) is 113 cm³/mol. The van der Waals surface area contributed by atoms with Crippen LogP contribution in [-0.2, 0) is 11.2 Å². The minimum Gasteiger partial charge on any atom is -0.326 e. The number of carbonyl (C=O) groups excluding carboxylic acids is 1. The lowest BCUT2D eigenvalue weighted by atomic mass is 10.1. The maximum atomic E-state index is 12.8. The van der Waals surface area contributed by atoms with Crippen molar-refractivity contribution in [3.8, 4) is 0 Å². The van der Waals surface area contributed by atoms with Crippen LogP contribution in [0.15, 0.2) is 54.6 Å². The maximum Gasteiger partial charge on any atom is 0.238 e. The van der Waals surface area contributed by atoms with Crippen LogP contribution in [0.5, 0.6) is 0 Å². The molecule has 0 saturated carbocycles. The van der Waals surface area contributed by atoms with E-state index in [0.717, 1.165) is 59.7 Å². The third kappa shape index (κ3) is 3.12. The van der Waals surface area contributed by atoms with Gasteiger partial charge in [-0.25, -0.2) is 4.98 Å². The van der Waals surface area contributed by atoms with Gasteiger partial charge in [0.1, 0.15) is 5.82 Å². The molecule has 5 nitrogen and oxygen atoms in total. The smallest absolute Gasteiger partial charge is 0.238 e. The van der Waals surface area contributed by atoms with E-state index >= 15 is 0 Å². The Bertz CT molecular complexity index is 1010. The fourth-order valence-electron chi connectivity index (χ4n) is 4.35. The minimum atomic E-state index is 0.0682. The molecule has 1 amide bonds. The second-order valence-corrected chi connectivity index (χ2v) is 7.57. The summed E-state index contributed by atoms with van der Waals surface area (Å²) in [5.41, 5.74) is 4.12. The van der Waals surface area contributed by atoms with E-state index in [4.69, 9.17) is 4.98 Å². The Morgan fingerprint density at radius 2 is 1.71 bits per heavy atom. The normalized spacial score (nSPS) is 16.5. The summed E-state index contributed by atoms with van der Waals surface area (Å²) in [6.07, 6.45) is 3.25. The Kier molecular flexibility index (Phi) is 4.45. The van der Waals surface area contributed by atoms with Crippen molar-refractivity contribution in [1.29, 1.82) is 0 Å². The van der Waals surface area contributed by atoms with Crippen LogP contribution in [0.25, 0.3) is 10.9 Å². The van der Waals surface area contributed by atoms with Gasteiger partial charge in [-0.3, -0.25) is 9.69 Å². The van der Waals surface area contributed by atoms with Gasteiger partial charge < -0.3 is 10.2 Å². The van der Waals surface area contributed by atoms with Crippen LogP contribution >= 0.6 is 0 Å². The molecule has 142 valence electrons. The molecule has 0 aliphatic carbocycles. The zero-order valence-corrected chi connectivity index (χ0v) is 15.9. The van der Waals surface area contributed by atoms with Crippen molar-refractivity contribution in [1.82, 2.24) is 9.88 Å². The largest absolute Gasteiger partial charge is 0.326 e. The van der Waals surface area contributed by atoms with Crippen molar-refractivity contribution in [3.63, 3.8) is 0 Å². The molecule has 28 heavy (non-hydrogen) atoms. The molecule has 1 N–H and O–H groups in total. The number of aromatic nitrogens is 1. The van der Waals surface area contributed by atoms with Crippen LogP contribution in [0.2, 0.25) is 0 Å². The summed E-state index contributed by atoms with van der Waals surface area (Å²) in [5, 5.41) is 4.26. The quantitative estimate of drug-likeness (QED) is 0.753. The number of hydrogen-bond donors (Lipinski definition) is 1. The molecular formula is C23H24N4O. The van der Waals surface area contributed by atoms with Crippen LogP contribution in [-0.4, -0.2) is 42.0 Å². The molecule has 2 aliphatic heterocycles. The van der Waals surface area contributed by atoms with Crippen LogP contribution < -0.4 is 10.2 Å². The molecule has 0 bridgehead atoms. The van der Waals surface area contributed by atoms with Gasteiger partial charge in [-0.05, 0) is 50.6 Å². The Labute approximate surface area is 165 Å². The van der Waals surface area contributed by atoms with Gasteiger partial charge in [0.05, 0.1) is 17.7 Å². The summed E-state index contributed by atoms with van der Waals surface area (Å²) in [4.78, 5) is 22.2. The number of anilines is 3. The zero-order valence-electron chi connectivity index (χ0n) is 15.9. The highest BCUT2D eigenvalue weighted by atomic mass is 16.2. The minimum absolute atomic E-state index is 0.0682. The first-order valence-electron chi connectivity index (χ1n) is 10.1. The second kappa shape index (κ2) is 7.24. The highest BCUT2D eigenvalue weighted by molar-refractivity contribution is 6.05. The summed E-state index contributed by atoms with van der Waals surface area (Å²) >= 11 is 0. The van der Waals surface area contributed by atoms with Crippen molar-refractivity contribution >= 4 is 34.0 Å². The molecule has 5 heteroatoms. The summed E-state index contributed by atoms with van der Waals surface area (Å²) in [5.74, 6) is 1.03. The summed E-state index contributed by atoms with van der Waals surface area (Å²) in [6.45, 7) is 3.38. The van der Waals surface area contributed by atoms with Crippen LogP contribution in [0.4, 0.5) is 17.2 Å². The number of carbonyl (C=O) groups is 1. The number of likely N-dealkylation sites (tertiary alicyclic amines) is 1. The van der Waals surface area contributed by atoms with E-state index in [1.54, 1.807) is 0 Å². The van der Waals surface area contributed by atoms with E-state index in [9.17, 15) is 4.79 Å². The van der Waals surface area contributed by atoms with Gasteiger partial charge >= 0.3 is 0 Å². The summed E-state index contributed by atoms with van der Waals surface area (Å²) in [6, 6.07) is 18.4. The van der Waals surface area contributed by atoms with Gasteiger partial charge in [-0.15, -0.1) is 0 Å². The molecule has 0 radical (unpaired) electrons. The van der Waals surface area contributed by atoms with Gasteiger partial charge in [-0.2, -0.15) is 0 Å². The third-order valence-corrected chi connectivity index (χ3v) is 5.71. The molecule has 1 fully saturated rings. The first-order chi connectivity index (χ1) is 13.8. The third-order valence-electron chi connectivity index (χ3n) is 5.71. The number of nitrogens with zero attached hydrogens (tertiary/aromatic N) is 3. The monoisotopic (exact) mass is 372 g/mol. The number of pyridine rings is 1. The molecular weight excluding hydrogens is 348 g/mol. The molecule has 0 atom stereocenters. The molecule has 1 saturated heterocycles. The molecule has 3 heterocycles. The van der Waals surface area contributed by atoms with E-state index in [-0.39, 0.29) is 5.91 Å². The molecule has 3 aromatic rings. The van der Waals surface area contributed by atoms with Gasteiger partial charge in [-0.1, -0.05) is 36.4 Å². The Balaban J connectivity index is 1.54. The number of fused-ring (bicyclic) bond motifs is 2. The molecule has 2 aliphatic rings. The number of para-hydroxylation sites is 2. The number of amides is 1. The fraction of sp³-hybridized carbons (Fsp3) is 0.304. The number of nitrogens with one attached hydrogen (secondary N) is 1. The maximum absolute atomic E-state index is 12.8. The van der Waals surface area contributed by atoms with Gasteiger partial charge in [0.25, 0.3) is 0 Å². The van der Waals surface area contributed by atoms with E-state index < -0.39 is 0 Å². The molecule has 1 aromatic heterocycles. The lowest BCUT2D eigenvalue weighted by Gasteiger charge is -2.20. The van der Waals surface area contributed by atoms with Crippen LogP contribution in [0, 0.1) is 0 Å². The Morgan fingerprint density at radius 3 is 2.54 bits per heavy atom. The Hall–Kier alpha value is -2.92. The van der Waals surface area contributed by atoms with Crippen molar-refractivity contribution in [3.05, 3.63) is 60.2 Å². The molecule has 2 aromatic carbocycles. The highest BCUT2D eigenvalue weighted by Crippen LogP contribution is 2.40. The lowest BCUT2D eigenvalue weighted by Crippen LogP contribution is -2.31. The van der Waals surface area contributed by atoms with E-state index in [0.29, 0.717) is 6.54 Å². The zero-order chi connectivity index (χ0) is 18.9. The predicted octanol–water partition coefficient (Wildman–Crippen LogP) is 3.96.